The average molecular weight is 680 g/mol. The summed E-state index contributed by atoms with van der Waals surface area (Å²) >= 11 is 0. The highest BCUT2D eigenvalue weighted by Crippen LogP contribution is 2.44. The first-order chi connectivity index (χ1) is 22.9. The van der Waals surface area contributed by atoms with E-state index in [1.54, 1.807) is 6.08 Å². The van der Waals surface area contributed by atoms with E-state index >= 15 is 0 Å². The van der Waals surface area contributed by atoms with E-state index < -0.39 is 11.9 Å². The number of ether oxygens (including phenoxy) is 1. The zero-order valence-electron chi connectivity index (χ0n) is 31.2. The van der Waals surface area contributed by atoms with E-state index in [1.165, 1.54) is 34.9 Å². The van der Waals surface area contributed by atoms with Crippen molar-refractivity contribution in [3.05, 3.63) is 62.0 Å². The average Bonchev–Trinajstić information content (AvgIpc) is 3.38. The number of hydrogen-bond acceptors (Lipinski definition) is 7. The van der Waals surface area contributed by atoms with Crippen LogP contribution < -0.4 is 0 Å². The Morgan fingerprint density at radius 1 is 0.857 bits per heavy atom. The maximum absolute atomic E-state index is 13.3. The van der Waals surface area contributed by atoms with Crippen LogP contribution >= 0.6 is 0 Å². The smallest absolute Gasteiger partial charge is 0.331 e. The summed E-state index contributed by atoms with van der Waals surface area (Å²) in [6.45, 7) is 19.0. The molecule has 1 heterocycles. The van der Waals surface area contributed by atoms with Gasteiger partial charge in [0.05, 0.1) is 18.7 Å². The molecule has 5 rings (SSSR count). The van der Waals surface area contributed by atoms with Crippen molar-refractivity contribution < 1.29 is 38.7 Å². The highest BCUT2D eigenvalue weighted by molar-refractivity contribution is 5.88. The third-order valence-corrected chi connectivity index (χ3v) is 11.1. The molecule has 270 valence electrons. The molecule has 2 unspecified atom stereocenters. The Labute approximate surface area is 291 Å². The van der Waals surface area contributed by atoms with E-state index in [9.17, 15) is 19.2 Å². The number of rotatable bonds is 11. The third kappa shape index (κ3) is 10.1. The number of aromatic nitrogens is 1. The Morgan fingerprint density at radius 2 is 1.39 bits per heavy atom. The van der Waals surface area contributed by atoms with Crippen molar-refractivity contribution in [3.63, 3.8) is 0 Å². The highest BCUT2D eigenvalue weighted by atomic mass is 16.5. The molecule has 3 aliphatic rings. The number of allylic oxidation sites excluding steroid dienone is 1. The van der Waals surface area contributed by atoms with Crippen LogP contribution in [-0.4, -0.2) is 46.2 Å². The van der Waals surface area contributed by atoms with Gasteiger partial charge in [-0.15, -0.1) is 0 Å². The normalized spacial score (nSPS) is 22.7. The number of nitrogens with zero attached hydrogens (tertiary/aromatic N) is 1. The van der Waals surface area contributed by atoms with Crippen LogP contribution in [0.5, 0.6) is 0 Å². The second-order valence-electron chi connectivity index (χ2n) is 15.0. The first-order valence-corrected chi connectivity index (χ1v) is 17.7. The second-order valence-corrected chi connectivity index (χ2v) is 15.0. The fraction of sp³-hybridized carbons (Fsp3) is 0.625. The molecule has 0 radical (unpaired) electrons. The van der Waals surface area contributed by atoms with Crippen LogP contribution in [0.15, 0.2) is 16.2 Å². The quantitative estimate of drug-likeness (QED) is 0.224. The minimum atomic E-state index is -0.761. The first-order valence-electron chi connectivity index (χ1n) is 17.7. The van der Waals surface area contributed by atoms with Gasteiger partial charge in [0.25, 0.3) is 0 Å². The minimum Gasteiger partial charge on any atom is -0.481 e. The molecular formula is C40H57NO8. The molecule has 49 heavy (non-hydrogen) atoms. The molecule has 2 N–H and O–H groups in total. The number of benzene rings is 1. The fourth-order valence-corrected chi connectivity index (χ4v) is 7.28. The van der Waals surface area contributed by atoms with Gasteiger partial charge in [-0.25, -0.2) is 4.79 Å². The lowest BCUT2D eigenvalue weighted by Gasteiger charge is -2.30. The Bertz CT molecular complexity index is 1530. The molecule has 0 bridgehead atoms. The summed E-state index contributed by atoms with van der Waals surface area (Å²) in [5.74, 6) is 1.57. The molecule has 2 fully saturated rings. The molecule has 0 saturated heterocycles. The van der Waals surface area contributed by atoms with Crippen LogP contribution in [-0.2, 0) is 30.3 Å². The number of aliphatic carboxylic acids is 2. The molecule has 2 saturated carbocycles. The van der Waals surface area contributed by atoms with Crippen LogP contribution in [0, 0.1) is 65.2 Å². The van der Waals surface area contributed by atoms with E-state index in [2.05, 4.69) is 53.6 Å². The largest absolute Gasteiger partial charge is 0.481 e. The van der Waals surface area contributed by atoms with E-state index in [4.69, 9.17) is 19.5 Å². The Morgan fingerprint density at radius 3 is 1.80 bits per heavy atom. The van der Waals surface area contributed by atoms with Gasteiger partial charge in [0.15, 0.2) is 0 Å². The number of carboxylic acids is 2. The van der Waals surface area contributed by atoms with Crippen LogP contribution in [0.2, 0.25) is 0 Å². The van der Waals surface area contributed by atoms with Crippen molar-refractivity contribution in [2.45, 2.75) is 132 Å². The van der Waals surface area contributed by atoms with Crippen LogP contribution in [0.4, 0.5) is 0 Å². The molecular weight excluding hydrogens is 622 g/mol. The maximum atomic E-state index is 13.3. The molecule has 1 aromatic carbocycles. The Balaban J connectivity index is 0.000000329. The summed E-state index contributed by atoms with van der Waals surface area (Å²) in [7, 11) is 1.40. The Hall–Kier alpha value is -3.75. The number of methoxy groups -OCH3 is 1. The van der Waals surface area contributed by atoms with Gasteiger partial charge in [0.1, 0.15) is 11.5 Å². The Kier molecular flexibility index (Phi) is 14.0. The van der Waals surface area contributed by atoms with Crippen LogP contribution in [0.25, 0.3) is 0 Å². The molecule has 0 amide bonds. The summed E-state index contributed by atoms with van der Waals surface area (Å²) in [5.41, 5.74) is 9.79. The van der Waals surface area contributed by atoms with Gasteiger partial charge in [-0.05, 0) is 131 Å². The predicted molar refractivity (Wildman–Crippen MR) is 189 cm³/mol. The van der Waals surface area contributed by atoms with Crippen molar-refractivity contribution in [2.24, 2.45) is 23.7 Å². The molecule has 9 nitrogen and oxygen atoms in total. The predicted octanol–water partition coefficient (Wildman–Crippen LogP) is 8.43. The fourth-order valence-electron chi connectivity index (χ4n) is 7.28. The lowest BCUT2D eigenvalue weighted by atomic mass is 9.73. The number of hydrogen-bond donors (Lipinski definition) is 2. The summed E-state index contributed by atoms with van der Waals surface area (Å²) in [5, 5.41) is 21.0. The lowest BCUT2D eigenvalue weighted by molar-refractivity contribution is -0.146. The van der Waals surface area contributed by atoms with E-state index in [-0.39, 0.29) is 30.0 Å². The van der Waals surface area contributed by atoms with Gasteiger partial charge in [-0.2, -0.15) is 0 Å². The summed E-state index contributed by atoms with van der Waals surface area (Å²) in [4.78, 5) is 45.4. The van der Waals surface area contributed by atoms with Crippen LogP contribution in [0.3, 0.4) is 0 Å². The van der Waals surface area contributed by atoms with E-state index in [1.807, 2.05) is 13.8 Å². The molecule has 0 spiro atoms. The number of esters is 1. The van der Waals surface area contributed by atoms with Gasteiger partial charge < -0.3 is 19.5 Å². The number of Topliss-reactive ketones (excluding diaryl/α,β-unsaturated/α-hetero) is 1. The highest BCUT2D eigenvalue weighted by Gasteiger charge is 2.34. The number of carboxylic acid groups (broad SMARTS) is 2. The van der Waals surface area contributed by atoms with E-state index in [0.717, 1.165) is 54.7 Å². The van der Waals surface area contributed by atoms with Crippen molar-refractivity contribution >= 4 is 23.7 Å². The van der Waals surface area contributed by atoms with Gasteiger partial charge >= 0.3 is 17.9 Å². The molecule has 1 aromatic heterocycles. The van der Waals surface area contributed by atoms with Gasteiger partial charge in [0.2, 0.25) is 0 Å². The van der Waals surface area contributed by atoms with Crippen molar-refractivity contribution in [1.82, 2.24) is 5.16 Å². The number of ketones is 1. The zero-order valence-corrected chi connectivity index (χ0v) is 31.2. The van der Waals surface area contributed by atoms with Gasteiger partial charge in [0, 0.05) is 42.2 Å². The maximum Gasteiger partial charge on any atom is 0.331 e. The van der Waals surface area contributed by atoms with Crippen molar-refractivity contribution in [3.8, 4) is 0 Å². The topological polar surface area (TPSA) is 144 Å². The number of carbonyl (C=O) groups excluding carboxylic acids is 2. The zero-order chi connectivity index (χ0) is 36.7. The minimum absolute atomic E-state index is 0.0231. The molecule has 9 heteroatoms. The van der Waals surface area contributed by atoms with Crippen molar-refractivity contribution in [1.29, 1.82) is 0 Å². The molecule has 2 aromatic rings. The standard InChI is InChI=1S/C28H39NO4.C6H10O2.C6H8O2/c1-15-11-23(12-15)28-21(7)27(29-33-28)22(9-10-26(31)32-8)13-24(30)14-25-19(5)17(3)16(2)18(4)20(25)6;2*1-4-2-5(3-4)6(7)8/h15,22-23H,9-14H2,1-8H3;4-5H,2-3H2,1H3,(H,7,8);2,4H,3H2,1H3,(H,7,8). The van der Waals surface area contributed by atoms with E-state index in [0.29, 0.717) is 48.5 Å². The first kappa shape index (κ1) is 39.7. The van der Waals surface area contributed by atoms with Gasteiger partial charge in [-0.3, -0.25) is 14.4 Å². The molecule has 3 aliphatic carbocycles. The SMILES string of the molecule is CC1C=C(C(=O)O)C1.CC1CC(C(=O)O)C1.COC(=O)CCC(CC(=O)Cc1c(C)c(C)c(C)c(C)c1C)c1noc(C2CC(C)C2)c1C. The van der Waals surface area contributed by atoms with Crippen molar-refractivity contribution in [2.75, 3.05) is 7.11 Å². The lowest BCUT2D eigenvalue weighted by Crippen LogP contribution is -2.28. The van der Waals surface area contributed by atoms with Crippen LogP contribution in [0.1, 0.15) is 134 Å². The number of carbonyl (C=O) groups is 4. The third-order valence-electron chi connectivity index (χ3n) is 11.1. The molecule has 2 atom stereocenters. The molecule has 0 aliphatic heterocycles. The summed E-state index contributed by atoms with van der Waals surface area (Å²) in [6.07, 6.45) is 8.06. The summed E-state index contributed by atoms with van der Waals surface area (Å²) in [6, 6.07) is 0. The summed E-state index contributed by atoms with van der Waals surface area (Å²) < 4.78 is 10.6. The van der Waals surface area contributed by atoms with Gasteiger partial charge in [-0.1, -0.05) is 32.0 Å². The second kappa shape index (κ2) is 17.3. The monoisotopic (exact) mass is 679 g/mol.